The lowest BCUT2D eigenvalue weighted by Gasteiger charge is -2.29. The number of ether oxygens (including phenoxy) is 3. The summed E-state index contributed by atoms with van der Waals surface area (Å²) >= 11 is 0. The summed E-state index contributed by atoms with van der Waals surface area (Å²) in [6.45, 7) is 15.4. The number of carbonyl (C=O) groups is 3. The van der Waals surface area contributed by atoms with Crippen LogP contribution in [0, 0.1) is 20.8 Å². The van der Waals surface area contributed by atoms with E-state index in [4.69, 9.17) is 14.2 Å². The van der Waals surface area contributed by atoms with E-state index in [0.29, 0.717) is 0 Å². The Bertz CT molecular complexity index is 849. The number of carbonyl (C=O) groups excluding carboxylic acids is 3. The van der Waals surface area contributed by atoms with Crippen LogP contribution in [0.2, 0.25) is 0 Å². The Morgan fingerprint density at radius 3 is 1.94 bits per heavy atom. The SMILES string of the molecule is C=CC(=O)OCC(C)(COC(=O)C=C)NC(=O)OCCCCCCN(C)c1c(C)cc(C)cc1C. The van der Waals surface area contributed by atoms with Crippen molar-refractivity contribution in [3.63, 3.8) is 0 Å². The van der Waals surface area contributed by atoms with E-state index in [1.807, 2.05) is 0 Å². The Hall–Kier alpha value is -3.29. The number of esters is 2. The maximum Gasteiger partial charge on any atom is 0.407 e. The molecule has 0 aliphatic carbocycles. The predicted molar refractivity (Wildman–Crippen MR) is 138 cm³/mol. The third-order valence-electron chi connectivity index (χ3n) is 5.44. The van der Waals surface area contributed by atoms with Gasteiger partial charge in [0.15, 0.2) is 0 Å². The maximum atomic E-state index is 12.2. The van der Waals surface area contributed by atoms with Gasteiger partial charge in [-0.3, -0.25) is 0 Å². The quantitative estimate of drug-likeness (QED) is 0.167. The zero-order chi connectivity index (χ0) is 26.4. The summed E-state index contributed by atoms with van der Waals surface area (Å²) in [6, 6.07) is 4.41. The Kier molecular flexibility index (Phi) is 12.6. The number of nitrogens with one attached hydrogen (secondary N) is 1. The van der Waals surface area contributed by atoms with Crippen molar-refractivity contribution in [2.45, 2.75) is 58.9 Å². The number of unbranched alkanes of at least 4 members (excludes halogenated alkanes) is 3. The van der Waals surface area contributed by atoms with E-state index in [2.05, 4.69) is 63.3 Å². The van der Waals surface area contributed by atoms with Crippen LogP contribution in [0.1, 0.15) is 49.3 Å². The van der Waals surface area contributed by atoms with E-state index < -0.39 is 23.6 Å². The van der Waals surface area contributed by atoms with Gasteiger partial charge in [-0.05, 0) is 58.1 Å². The topological polar surface area (TPSA) is 94.2 Å². The van der Waals surface area contributed by atoms with Gasteiger partial charge in [0.1, 0.15) is 18.8 Å². The van der Waals surface area contributed by atoms with Crippen molar-refractivity contribution in [3.05, 3.63) is 54.1 Å². The molecule has 8 heteroatoms. The van der Waals surface area contributed by atoms with Crippen molar-refractivity contribution in [3.8, 4) is 0 Å². The van der Waals surface area contributed by atoms with Gasteiger partial charge in [-0.25, -0.2) is 14.4 Å². The maximum absolute atomic E-state index is 12.2. The van der Waals surface area contributed by atoms with Gasteiger partial charge < -0.3 is 24.4 Å². The fourth-order valence-corrected chi connectivity index (χ4v) is 3.83. The number of nitrogens with zero attached hydrogens (tertiary/aromatic N) is 1. The van der Waals surface area contributed by atoms with Gasteiger partial charge in [-0.2, -0.15) is 0 Å². The number of rotatable bonds is 15. The highest BCUT2D eigenvalue weighted by Crippen LogP contribution is 2.25. The molecule has 0 bridgehead atoms. The summed E-state index contributed by atoms with van der Waals surface area (Å²) in [5.74, 6) is -1.31. The number of anilines is 1. The number of alkyl carbamates (subject to hydrolysis) is 1. The van der Waals surface area contributed by atoms with Gasteiger partial charge in [-0.1, -0.05) is 37.3 Å². The third-order valence-corrected chi connectivity index (χ3v) is 5.44. The first-order chi connectivity index (χ1) is 16.5. The molecule has 0 radical (unpaired) electrons. The molecule has 0 atom stereocenters. The number of amides is 1. The number of aryl methyl sites for hydroxylation is 3. The van der Waals surface area contributed by atoms with E-state index in [-0.39, 0.29) is 19.8 Å². The first-order valence-electron chi connectivity index (χ1n) is 11.8. The molecular formula is C27H40N2O6. The molecule has 35 heavy (non-hydrogen) atoms. The van der Waals surface area contributed by atoms with Crippen molar-refractivity contribution in [2.75, 3.05) is 38.3 Å². The zero-order valence-corrected chi connectivity index (χ0v) is 21.8. The largest absolute Gasteiger partial charge is 0.460 e. The highest BCUT2D eigenvalue weighted by atomic mass is 16.6. The molecule has 0 aliphatic rings. The highest BCUT2D eigenvalue weighted by Gasteiger charge is 2.30. The number of hydrogen-bond donors (Lipinski definition) is 1. The lowest BCUT2D eigenvalue weighted by molar-refractivity contribution is -0.144. The van der Waals surface area contributed by atoms with E-state index in [9.17, 15) is 14.4 Å². The highest BCUT2D eigenvalue weighted by molar-refractivity contribution is 5.82. The van der Waals surface area contributed by atoms with Crippen LogP contribution in [0.4, 0.5) is 10.5 Å². The lowest BCUT2D eigenvalue weighted by Crippen LogP contribution is -2.53. The Morgan fingerprint density at radius 2 is 1.43 bits per heavy atom. The Balaban J connectivity index is 2.38. The van der Waals surface area contributed by atoms with Crippen LogP contribution < -0.4 is 10.2 Å². The molecule has 0 saturated carbocycles. The molecule has 0 unspecified atom stereocenters. The summed E-state index contributed by atoms with van der Waals surface area (Å²) in [7, 11) is 2.12. The van der Waals surface area contributed by atoms with Crippen LogP contribution in [-0.2, 0) is 23.8 Å². The van der Waals surface area contributed by atoms with Gasteiger partial charge in [0, 0.05) is 31.4 Å². The summed E-state index contributed by atoms with van der Waals surface area (Å²) in [5, 5.41) is 2.61. The minimum absolute atomic E-state index is 0.217. The summed E-state index contributed by atoms with van der Waals surface area (Å²) in [6.07, 6.45) is 5.06. The van der Waals surface area contributed by atoms with Crippen LogP contribution in [-0.4, -0.2) is 57.0 Å². The van der Waals surface area contributed by atoms with E-state index in [0.717, 1.165) is 44.4 Å². The average molecular weight is 489 g/mol. The average Bonchev–Trinajstić information content (AvgIpc) is 2.79. The molecule has 0 heterocycles. The Labute approximate surface area is 209 Å². The van der Waals surface area contributed by atoms with E-state index >= 15 is 0 Å². The number of benzene rings is 1. The fraction of sp³-hybridized carbons (Fsp3) is 0.519. The third kappa shape index (κ3) is 11.1. The first kappa shape index (κ1) is 29.7. The van der Waals surface area contributed by atoms with Crippen molar-refractivity contribution >= 4 is 23.7 Å². The van der Waals surface area contributed by atoms with Crippen LogP contribution in [0.5, 0.6) is 0 Å². The van der Waals surface area contributed by atoms with Crippen LogP contribution in [0.25, 0.3) is 0 Å². The van der Waals surface area contributed by atoms with Gasteiger partial charge >= 0.3 is 18.0 Å². The molecular weight excluding hydrogens is 448 g/mol. The molecule has 0 aromatic heterocycles. The summed E-state index contributed by atoms with van der Waals surface area (Å²) in [4.78, 5) is 37.3. The predicted octanol–water partition coefficient (Wildman–Crippen LogP) is 4.55. The second-order valence-corrected chi connectivity index (χ2v) is 9.03. The summed E-state index contributed by atoms with van der Waals surface area (Å²) in [5.41, 5.74) is 3.98. The standard InChI is InChI=1S/C27H40N2O6/c1-8-23(30)34-18-27(6,19-35-24(31)9-2)28-26(32)33-15-13-11-10-12-14-29(7)25-21(4)16-20(3)17-22(25)5/h8-9,16-17H,1-2,10-15,18-19H2,3-7H3,(H,28,32). The first-order valence-corrected chi connectivity index (χ1v) is 11.8. The van der Waals surface area contributed by atoms with Gasteiger partial charge in [0.25, 0.3) is 0 Å². The minimum atomic E-state index is -1.16. The van der Waals surface area contributed by atoms with Crippen molar-refractivity contribution < 1.29 is 28.6 Å². The number of hydrogen-bond acceptors (Lipinski definition) is 7. The van der Waals surface area contributed by atoms with Gasteiger partial charge in [0.2, 0.25) is 0 Å². The minimum Gasteiger partial charge on any atom is -0.460 e. The van der Waals surface area contributed by atoms with Crippen molar-refractivity contribution in [1.82, 2.24) is 5.32 Å². The molecule has 1 aromatic carbocycles. The molecule has 1 amide bonds. The zero-order valence-electron chi connectivity index (χ0n) is 21.8. The summed E-state index contributed by atoms with van der Waals surface area (Å²) < 4.78 is 15.3. The monoisotopic (exact) mass is 488 g/mol. The molecule has 8 nitrogen and oxygen atoms in total. The van der Waals surface area contributed by atoms with Crippen molar-refractivity contribution in [2.24, 2.45) is 0 Å². The molecule has 0 fully saturated rings. The van der Waals surface area contributed by atoms with Crippen molar-refractivity contribution in [1.29, 1.82) is 0 Å². The molecule has 0 spiro atoms. The second kappa shape index (κ2) is 14.9. The normalized spacial score (nSPS) is 10.8. The van der Waals surface area contributed by atoms with Gasteiger partial charge in [-0.15, -0.1) is 0 Å². The van der Waals surface area contributed by atoms with Gasteiger partial charge in [0.05, 0.1) is 6.61 Å². The smallest absolute Gasteiger partial charge is 0.407 e. The molecule has 0 saturated heterocycles. The molecule has 194 valence electrons. The lowest BCUT2D eigenvalue weighted by atomic mass is 10.0. The van der Waals surface area contributed by atoms with E-state index in [1.165, 1.54) is 22.4 Å². The molecule has 1 rings (SSSR count). The second-order valence-electron chi connectivity index (χ2n) is 9.03. The fourth-order valence-electron chi connectivity index (χ4n) is 3.83. The molecule has 1 N–H and O–H groups in total. The van der Waals surface area contributed by atoms with Crippen LogP contribution in [0.15, 0.2) is 37.4 Å². The molecule has 1 aromatic rings. The Morgan fingerprint density at radius 1 is 0.914 bits per heavy atom. The van der Waals surface area contributed by atoms with Crippen LogP contribution >= 0.6 is 0 Å². The molecule has 0 aliphatic heterocycles. The van der Waals surface area contributed by atoms with Crippen LogP contribution in [0.3, 0.4) is 0 Å². The van der Waals surface area contributed by atoms with E-state index in [1.54, 1.807) is 6.92 Å².